The molecule has 28 heavy (non-hydrogen) atoms. The summed E-state index contributed by atoms with van der Waals surface area (Å²) in [6.45, 7) is 17.7. The molecule has 1 saturated heterocycles. The van der Waals surface area contributed by atoms with Gasteiger partial charge in [0, 0.05) is 11.1 Å². The summed E-state index contributed by atoms with van der Waals surface area (Å²) in [6.07, 6.45) is -2.71. The van der Waals surface area contributed by atoms with E-state index in [1.807, 2.05) is 20.8 Å². The van der Waals surface area contributed by atoms with Gasteiger partial charge in [0.15, 0.2) is 0 Å². The van der Waals surface area contributed by atoms with Crippen LogP contribution in [-0.4, -0.2) is 54.9 Å². The zero-order chi connectivity index (χ0) is 21.9. The highest BCUT2D eigenvalue weighted by Crippen LogP contribution is 2.46. The fourth-order valence-electron chi connectivity index (χ4n) is 3.91. The van der Waals surface area contributed by atoms with Crippen LogP contribution in [-0.2, 0) is 10.0 Å². The summed E-state index contributed by atoms with van der Waals surface area (Å²) in [4.78, 5) is 6.83. The predicted octanol–water partition coefficient (Wildman–Crippen LogP) is 4.33. The van der Waals surface area contributed by atoms with Gasteiger partial charge in [0.2, 0.25) is 10.0 Å². The van der Waals surface area contributed by atoms with Gasteiger partial charge in [-0.1, -0.05) is 62.3 Å². The van der Waals surface area contributed by atoms with Gasteiger partial charge in [0.1, 0.15) is 11.7 Å². The molecule has 0 aromatic carbocycles. The van der Waals surface area contributed by atoms with Crippen molar-refractivity contribution in [3.8, 4) is 0 Å². The average Bonchev–Trinajstić information content (AvgIpc) is 2.42. The van der Waals surface area contributed by atoms with Crippen LogP contribution in [0.1, 0.15) is 62.3 Å². The highest BCUT2D eigenvalue weighted by molar-refractivity contribution is 7.89. The first-order valence-corrected chi connectivity index (χ1v) is 11.3. The van der Waals surface area contributed by atoms with E-state index in [1.54, 1.807) is 4.90 Å². The van der Waals surface area contributed by atoms with Gasteiger partial charge < -0.3 is 4.90 Å². The number of aliphatic imine (C=N–C) groups is 1. The normalized spacial score (nSPS) is 24.5. The third-order valence-corrected chi connectivity index (χ3v) is 6.72. The van der Waals surface area contributed by atoms with Gasteiger partial charge in [-0.2, -0.15) is 4.31 Å². The molecule has 0 amide bonds. The summed E-state index contributed by atoms with van der Waals surface area (Å²) in [6, 6.07) is -0.151. The third-order valence-electron chi connectivity index (χ3n) is 5.07. The van der Waals surface area contributed by atoms with E-state index in [0.717, 1.165) is 15.6 Å². The fourth-order valence-corrected chi connectivity index (χ4v) is 5.33. The lowest BCUT2D eigenvalue weighted by Crippen LogP contribution is -2.57. The Morgan fingerprint density at radius 2 is 1.57 bits per heavy atom. The van der Waals surface area contributed by atoms with E-state index in [-0.39, 0.29) is 34.7 Å². The molecule has 1 fully saturated rings. The van der Waals surface area contributed by atoms with Crippen LogP contribution in [0, 0.1) is 16.2 Å². The molecule has 0 spiro atoms. The Morgan fingerprint density at radius 3 is 1.96 bits per heavy atom. The first-order chi connectivity index (χ1) is 12.4. The molecule has 0 radical (unpaired) electrons. The summed E-state index contributed by atoms with van der Waals surface area (Å²) in [7, 11) is -3.84. The lowest BCUT2D eigenvalue weighted by molar-refractivity contribution is 0.117. The third kappa shape index (κ3) is 4.58. The quantitative estimate of drug-likeness (QED) is 0.669. The van der Waals surface area contributed by atoms with Gasteiger partial charge in [-0.3, -0.25) is 4.99 Å². The highest BCUT2D eigenvalue weighted by Gasteiger charge is 2.48. The number of hydrogen-bond donors (Lipinski definition) is 0. The van der Waals surface area contributed by atoms with Crippen LogP contribution in [0.25, 0.3) is 0 Å². The number of rotatable bonds is 2. The van der Waals surface area contributed by atoms with Crippen LogP contribution in [0.2, 0.25) is 0 Å². The Kier molecular flexibility index (Phi) is 5.85. The van der Waals surface area contributed by atoms with Crippen LogP contribution >= 0.6 is 0 Å². The van der Waals surface area contributed by atoms with Gasteiger partial charge in [-0.05, 0) is 16.4 Å². The van der Waals surface area contributed by atoms with Gasteiger partial charge in [0.05, 0.1) is 19.1 Å². The molecule has 0 aliphatic carbocycles. The molecule has 0 aromatic heterocycles. The molecule has 8 heteroatoms. The summed E-state index contributed by atoms with van der Waals surface area (Å²) >= 11 is 0. The maximum absolute atomic E-state index is 13.1. The van der Waals surface area contributed by atoms with Crippen molar-refractivity contribution in [3.63, 3.8) is 0 Å². The lowest BCUT2D eigenvalue weighted by Gasteiger charge is -2.50. The minimum absolute atomic E-state index is 0.0407. The van der Waals surface area contributed by atoms with E-state index in [4.69, 9.17) is 4.99 Å². The standard InChI is InChI=1S/C20H35F2N3O2S/c1-18(2,3)15-13-10-24(11-14(21)22)28(26,27)12-25(13)17(20(7,8)9)23-16(15)19(4,5)6/h14,16H,10-12H2,1-9H3/t16-/m1/s1. The molecule has 0 N–H and O–H groups in total. The average molecular weight is 420 g/mol. The van der Waals surface area contributed by atoms with Crippen molar-refractivity contribution in [2.24, 2.45) is 21.2 Å². The van der Waals surface area contributed by atoms with E-state index in [0.29, 0.717) is 5.84 Å². The molecule has 0 bridgehead atoms. The van der Waals surface area contributed by atoms with Crippen LogP contribution in [0.3, 0.4) is 0 Å². The molecule has 2 aliphatic rings. The largest absolute Gasteiger partial charge is 0.316 e. The Bertz CT molecular complexity index is 782. The molecular weight excluding hydrogens is 384 g/mol. The number of alkyl halides is 2. The Balaban J connectivity index is 2.75. The maximum atomic E-state index is 13.1. The van der Waals surface area contributed by atoms with Gasteiger partial charge in [-0.25, -0.2) is 17.2 Å². The van der Waals surface area contributed by atoms with Crippen molar-refractivity contribution in [1.29, 1.82) is 0 Å². The van der Waals surface area contributed by atoms with Crippen LogP contribution in [0.15, 0.2) is 16.3 Å². The van der Waals surface area contributed by atoms with Crippen molar-refractivity contribution in [3.05, 3.63) is 11.3 Å². The van der Waals surface area contributed by atoms with E-state index < -0.39 is 23.0 Å². The van der Waals surface area contributed by atoms with E-state index in [1.165, 1.54) is 0 Å². The monoisotopic (exact) mass is 419 g/mol. The molecule has 2 heterocycles. The van der Waals surface area contributed by atoms with E-state index >= 15 is 0 Å². The topological polar surface area (TPSA) is 53.0 Å². The second-order valence-electron chi connectivity index (χ2n) is 10.9. The van der Waals surface area contributed by atoms with Crippen LogP contribution in [0.4, 0.5) is 8.78 Å². The zero-order valence-corrected chi connectivity index (χ0v) is 19.4. The molecule has 0 aromatic rings. The SMILES string of the molecule is CC(C)(C)C1=N[C@@H](C(C)(C)C)C(C(C)(C)C)=C2CN(CC(F)F)S(=O)(=O)CN12. The van der Waals surface area contributed by atoms with Gasteiger partial charge in [-0.15, -0.1) is 0 Å². The van der Waals surface area contributed by atoms with Crippen LogP contribution in [0.5, 0.6) is 0 Å². The second-order valence-corrected chi connectivity index (χ2v) is 12.9. The Hall–Kier alpha value is -1.02. The minimum atomic E-state index is -3.84. The molecule has 2 rings (SSSR count). The number of halogens is 2. The number of sulfonamides is 1. The Morgan fingerprint density at radius 1 is 1.04 bits per heavy atom. The summed E-state index contributed by atoms with van der Waals surface area (Å²) in [5, 5.41) is 0. The number of hydrogen-bond acceptors (Lipinski definition) is 4. The van der Waals surface area contributed by atoms with Crippen molar-refractivity contribution in [2.45, 2.75) is 74.8 Å². The number of amidine groups is 1. The minimum Gasteiger partial charge on any atom is -0.316 e. The summed E-state index contributed by atoms with van der Waals surface area (Å²) in [5.74, 6) is 0.359. The predicted molar refractivity (Wildman–Crippen MR) is 110 cm³/mol. The smallest absolute Gasteiger partial charge is 0.252 e. The number of fused-ring (bicyclic) bond motifs is 1. The molecule has 5 nitrogen and oxygen atoms in total. The first kappa shape index (κ1) is 23.3. The lowest BCUT2D eigenvalue weighted by atomic mass is 9.70. The Labute approximate surface area is 168 Å². The molecule has 1 atom stereocenters. The fraction of sp³-hybridized carbons (Fsp3) is 0.850. The maximum Gasteiger partial charge on any atom is 0.252 e. The first-order valence-electron chi connectivity index (χ1n) is 9.71. The zero-order valence-electron chi connectivity index (χ0n) is 18.6. The molecule has 2 aliphatic heterocycles. The molecular formula is C20H35F2N3O2S. The van der Waals surface area contributed by atoms with Crippen molar-refractivity contribution >= 4 is 15.9 Å². The summed E-state index contributed by atoms with van der Waals surface area (Å²) in [5.41, 5.74) is 0.987. The van der Waals surface area contributed by atoms with Crippen LogP contribution < -0.4 is 0 Å². The second kappa shape index (κ2) is 7.04. The number of nitrogens with zero attached hydrogens (tertiary/aromatic N) is 3. The molecule has 0 unspecified atom stereocenters. The van der Waals surface area contributed by atoms with Gasteiger partial charge in [0.25, 0.3) is 6.43 Å². The summed E-state index contributed by atoms with van der Waals surface area (Å²) < 4.78 is 52.6. The van der Waals surface area contributed by atoms with E-state index in [9.17, 15) is 17.2 Å². The van der Waals surface area contributed by atoms with Crippen molar-refractivity contribution < 1.29 is 17.2 Å². The van der Waals surface area contributed by atoms with Gasteiger partial charge >= 0.3 is 0 Å². The molecule has 162 valence electrons. The van der Waals surface area contributed by atoms with E-state index in [2.05, 4.69) is 41.5 Å². The van der Waals surface area contributed by atoms with Crippen molar-refractivity contribution in [2.75, 3.05) is 19.0 Å². The highest BCUT2D eigenvalue weighted by atomic mass is 32.2. The van der Waals surface area contributed by atoms with Crippen molar-refractivity contribution in [1.82, 2.24) is 9.21 Å². The molecule has 0 saturated carbocycles.